The molecule has 0 radical (unpaired) electrons. The second-order valence-corrected chi connectivity index (χ2v) is 6.51. The number of hydrogen-bond donors (Lipinski definition) is 1. The molecular formula is C15H25Cl2N3. The third-order valence-electron chi connectivity index (χ3n) is 2.91. The van der Waals surface area contributed by atoms with E-state index in [0.717, 1.165) is 25.3 Å². The van der Waals surface area contributed by atoms with Crippen molar-refractivity contribution in [3.05, 3.63) is 16.1 Å². The zero-order chi connectivity index (χ0) is 15.3. The highest BCUT2D eigenvalue weighted by molar-refractivity contribution is 6.37. The molecule has 0 aromatic carbocycles. The molecule has 0 saturated heterocycles. The fraction of sp³-hybridized carbons (Fsp3) is 0.667. The number of hydrogen-bond acceptors (Lipinski definition) is 3. The van der Waals surface area contributed by atoms with Crippen LogP contribution in [0.25, 0.3) is 0 Å². The van der Waals surface area contributed by atoms with Crippen molar-refractivity contribution in [2.75, 3.05) is 23.3 Å². The van der Waals surface area contributed by atoms with E-state index in [0.29, 0.717) is 27.8 Å². The van der Waals surface area contributed by atoms with Gasteiger partial charge in [-0.15, -0.1) is 0 Å². The quantitative estimate of drug-likeness (QED) is 0.760. The summed E-state index contributed by atoms with van der Waals surface area (Å²) in [6, 6.07) is 2.11. The highest BCUT2D eigenvalue weighted by Crippen LogP contribution is 2.32. The predicted octanol–water partition coefficient (Wildman–Crippen LogP) is 5.08. The number of nitrogens with one attached hydrogen (secondary N) is 1. The Morgan fingerprint density at radius 2 is 1.85 bits per heavy atom. The molecule has 0 bridgehead atoms. The largest absolute Gasteiger partial charge is 0.369 e. The molecule has 0 atom stereocenters. The summed E-state index contributed by atoms with van der Waals surface area (Å²) in [5.74, 6) is 2.05. The summed E-state index contributed by atoms with van der Waals surface area (Å²) in [5, 5.41) is 4.42. The minimum Gasteiger partial charge on any atom is -0.369 e. The van der Waals surface area contributed by atoms with Crippen LogP contribution in [-0.4, -0.2) is 24.1 Å². The molecule has 1 heterocycles. The second-order valence-electron chi connectivity index (χ2n) is 5.69. The lowest BCUT2D eigenvalue weighted by molar-refractivity contribution is 0.566. The van der Waals surface area contributed by atoms with Gasteiger partial charge in [-0.1, -0.05) is 44.0 Å². The molecule has 1 aromatic rings. The standard InChI is InChI=1S/C15H25Cl2N3/c1-6-7-18-14-12(16)8-13(17)15(19-14)20(11(4)5)9-10(2)3/h8,10-11H,6-7,9H2,1-5H3,(H,18,19). The fourth-order valence-electron chi connectivity index (χ4n) is 1.96. The molecule has 0 spiro atoms. The lowest BCUT2D eigenvalue weighted by Crippen LogP contribution is -2.35. The fourth-order valence-corrected chi connectivity index (χ4v) is 2.49. The molecule has 1 N–H and O–H groups in total. The summed E-state index contributed by atoms with van der Waals surface area (Å²) in [5.41, 5.74) is 0. The van der Waals surface area contributed by atoms with Crippen LogP contribution in [0.2, 0.25) is 10.0 Å². The first kappa shape index (κ1) is 17.4. The van der Waals surface area contributed by atoms with E-state index in [1.54, 1.807) is 6.07 Å². The van der Waals surface area contributed by atoms with Gasteiger partial charge in [0.05, 0.1) is 10.0 Å². The smallest absolute Gasteiger partial charge is 0.150 e. The van der Waals surface area contributed by atoms with Crippen molar-refractivity contribution in [2.24, 2.45) is 5.92 Å². The van der Waals surface area contributed by atoms with E-state index >= 15 is 0 Å². The maximum atomic E-state index is 6.34. The first-order valence-corrected chi connectivity index (χ1v) is 7.98. The number of nitrogens with zero attached hydrogens (tertiary/aromatic N) is 2. The van der Waals surface area contributed by atoms with Gasteiger partial charge in [-0.05, 0) is 32.3 Å². The van der Waals surface area contributed by atoms with Crippen LogP contribution in [-0.2, 0) is 0 Å². The van der Waals surface area contributed by atoms with Crippen LogP contribution in [0, 0.1) is 5.92 Å². The van der Waals surface area contributed by atoms with Gasteiger partial charge in [0.2, 0.25) is 0 Å². The van der Waals surface area contributed by atoms with Crippen molar-refractivity contribution < 1.29 is 0 Å². The van der Waals surface area contributed by atoms with Crippen molar-refractivity contribution in [3.63, 3.8) is 0 Å². The van der Waals surface area contributed by atoms with E-state index in [9.17, 15) is 0 Å². The van der Waals surface area contributed by atoms with Gasteiger partial charge in [0.1, 0.15) is 11.6 Å². The Hall–Kier alpha value is -0.670. The van der Waals surface area contributed by atoms with Crippen LogP contribution in [0.1, 0.15) is 41.0 Å². The molecule has 0 saturated carbocycles. The summed E-state index contributed by atoms with van der Waals surface area (Å²) in [6.45, 7) is 12.5. The van der Waals surface area contributed by atoms with Crippen molar-refractivity contribution in [1.29, 1.82) is 0 Å². The van der Waals surface area contributed by atoms with E-state index in [1.807, 2.05) is 0 Å². The van der Waals surface area contributed by atoms with E-state index in [4.69, 9.17) is 23.2 Å². The molecule has 0 amide bonds. The molecule has 5 heteroatoms. The molecule has 0 unspecified atom stereocenters. The zero-order valence-corrected chi connectivity index (χ0v) is 14.5. The molecular weight excluding hydrogens is 293 g/mol. The predicted molar refractivity (Wildman–Crippen MR) is 90.4 cm³/mol. The SMILES string of the molecule is CCCNc1nc(N(CC(C)C)C(C)C)c(Cl)cc1Cl. The van der Waals surface area contributed by atoms with Crippen molar-refractivity contribution >= 4 is 34.8 Å². The molecule has 20 heavy (non-hydrogen) atoms. The number of pyridine rings is 1. The van der Waals surface area contributed by atoms with E-state index in [1.165, 1.54) is 0 Å². The Kier molecular flexibility index (Phi) is 6.90. The first-order valence-electron chi connectivity index (χ1n) is 7.23. The van der Waals surface area contributed by atoms with Gasteiger partial charge >= 0.3 is 0 Å². The van der Waals surface area contributed by atoms with Crippen LogP contribution < -0.4 is 10.2 Å². The van der Waals surface area contributed by atoms with Crippen LogP contribution in [0.5, 0.6) is 0 Å². The molecule has 0 fully saturated rings. The normalized spacial score (nSPS) is 11.2. The van der Waals surface area contributed by atoms with Gasteiger partial charge in [-0.25, -0.2) is 4.98 Å². The molecule has 1 rings (SSSR count). The Bertz CT molecular complexity index is 433. The first-order chi connectivity index (χ1) is 9.36. The molecule has 114 valence electrons. The third kappa shape index (κ3) is 4.71. The Morgan fingerprint density at radius 3 is 2.35 bits per heavy atom. The van der Waals surface area contributed by atoms with Gasteiger partial charge in [-0.3, -0.25) is 0 Å². The monoisotopic (exact) mass is 317 g/mol. The zero-order valence-electron chi connectivity index (χ0n) is 13.0. The minimum atomic E-state index is 0.336. The average molecular weight is 318 g/mol. The number of aromatic nitrogens is 1. The summed E-state index contributed by atoms with van der Waals surface area (Å²) < 4.78 is 0. The number of rotatable bonds is 7. The Labute approximate surface area is 132 Å². The lowest BCUT2D eigenvalue weighted by Gasteiger charge is -2.30. The molecule has 1 aromatic heterocycles. The highest BCUT2D eigenvalue weighted by Gasteiger charge is 2.19. The lowest BCUT2D eigenvalue weighted by atomic mass is 10.2. The minimum absolute atomic E-state index is 0.336. The maximum absolute atomic E-state index is 6.34. The van der Waals surface area contributed by atoms with Crippen LogP contribution >= 0.6 is 23.2 Å². The van der Waals surface area contributed by atoms with Gasteiger partial charge in [0.15, 0.2) is 0 Å². The maximum Gasteiger partial charge on any atom is 0.150 e. The molecule has 3 nitrogen and oxygen atoms in total. The van der Waals surface area contributed by atoms with Gasteiger partial charge in [-0.2, -0.15) is 0 Å². The second kappa shape index (κ2) is 7.94. The Balaban J connectivity index is 3.13. The summed E-state index contributed by atoms with van der Waals surface area (Å²) >= 11 is 12.5. The molecule has 0 aliphatic carbocycles. The van der Waals surface area contributed by atoms with E-state index < -0.39 is 0 Å². The number of halogens is 2. The van der Waals surface area contributed by atoms with E-state index in [2.05, 4.69) is 49.8 Å². The number of anilines is 2. The van der Waals surface area contributed by atoms with Crippen molar-refractivity contribution in [3.8, 4) is 0 Å². The van der Waals surface area contributed by atoms with Crippen molar-refractivity contribution in [2.45, 2.75) is 47.1 Å². The Morgan fingerprint density at radius 1 is 1.20 bits per heavy atom. The third-order valence-corrected chi connectivity index (χ3v) is 3.48. The molecule has 0 aliphatic rings. The summed E-state index contributed by atoms with van der Waals surface area (Å²) in [4.78, 5) is 6.86. The van der Waals surface area contributed by atoms with Gasteiger partial charge in [0.25, 0.3) is 0 Å². The van der Waals surface area contributed by atoms with Gasteiger partial charge in [0, 0.05) is 19.1 Å². The van der Waals surface area contributed by atoms with Crippen LogP contribution in [0.15, 0.2) is 6.07 Å². The van der Waals surface area contributed by atoms with Crippen molar-refractivity contribution in [1.82, 2.24) is 4.98 Å². The van der Waals surface area contributed by atoms with Crippen LogP contribution in [0.3, 0.4) is 0 Å². The molecule has 0 aliphatic heterocycles. The van der Waals surface area contributed by atoms with Crippen LogP contribution in [0.4, 0.5) is 11.6 Å². The average Bonchev–Trinajstić information content (AvgIpc) is 2.35. The summed E-state index contributed by atoms with van der Waals surface area (Å²) in [7, 11) is 0. The highest BCUT2D eigenvalue weighted by atomic mass is 35.5. The summed E-state index contributed by atoms with van der Waals surface area (Å²) in [6.07, 6.45) is 1.02. The van der Waals surface area contributed by atoms with E-state index in [-0.39, 0.29) is 0 Å². The van der Waals surface area contributed by atoms with Gasteiger partial charge < -0.3 is 10.2 Å². The topological polar surface area (TPSA) is 28.2 Å².